The highest BCUT2D eigenvalue weighted by Gasteiger charge is 2.76. The standard InChI is InChI=1S/C17H14N4O2/c1-11-13(12-5-3-2-4-6-12)16(9-19,10-20)15(8-18)7-17(11,23)21-14(15)22/h2-6,11,13,23H,7H2,1H3,(H,21,22)/t11-,13+,15-,17+/m0/s1. The number of nitrogens with one attached hydrogen (secondary N) is 1. The molecular formula is C17H14N4O2. The predicted octanol–water partition coefficient (Wildman–Crippen LogP) is 1.17. The molecule has 1 aromatic carbocycles. The van der Waals surface area contributed by atoms with E-state index in [-0.39, 0.29) is 6.42 Å². The maximum atomic E-state index is 12.5. The van der Waals surface area contributed by atoms with E-state index in [1.807, 2.05) is 18.2 Å². The van der Waals surface area contributed by atoms with Crippen molar-refractivity contribution in [2.75, 3.05) is 0 Å². The highest BCUT2D eigenvalue weighted by molar-refractivity contribution is 5.92. The van der Waals surface area contributed by atoms with Gasteiger partial charge in [0.15, 0.2) is 10.8 Å². The van der Waals surface area contributed by atoms with E-state index in [0.29, 0.717) is 5.56 Å². The summed E-state index contributed by atoms with van der Waals surface area (Å²) in [6.45, 7) is 1.69. The van der Waals surface area contributed by atoms with Crippen molar-refractivity contribution < 1.29 is 9.90 Å². The summed E-state index contributed by atoms with van der Waals surface area (Å²) in [6.07, 6.45) is -0.263. The largest absolute Gasteiger partial charge is 0.371 e. The van der Waals surface area contributed by atoms with E-state index >= 15 is 0 Å². The number of amides is 1. The maximum absolute atomic E-state index is 12.5. The molecule has 0 unspecified atom stereocenters. The van der Waals surface area contributed by atoms with Crippen molar-refractivity contribution in [3.05, 3.63) is 35.9 Å². The van der Waals surface area contributed by atoms with Crippen molar-refractivity contribution in [1.29, 1.82) is 15.8 Å². The summed E-state index contributed by atoms with van der Waals surface area (Å²) in [5, 5.41) is 42.6. The topological polar surface area (TPSA) is 121 Å². The quantitative estimate of drug-likeness (QED) is 0.806. The van der Waals surface area contributed by atoms with E-state index < -0.39 is 34.3 Å². The molecule has 0 spiro atoms. The van der Waals surface area contributed by atoms with Crippen LogP contribution in [0, 0.1) is 50.7 Å². The van der Waals surface area contributed by atoms with Gasteiger partial charge in [-0.15, -0.1) is 0 Å². The molecule has 2 bridgehead atoms. The van der Waals surface area contributed by atoms with Crippen LogP contribution in [0.5, 0.6) is 0 Å². The average molecular weight is 306 g/mol. The number of nitriles is 3. The molecule has 0 aromatic heterocycles. The number of carbonyl (C=O) groups is 1. The van der Waals surface area contributed by atoms with Crippen molar-refractivity contribution in [1.82, 2.24) is 5.32 Å². The highest BCUT2D eigenvalue weighted by Crippen LogP contribution is 2.64. The van der Waals surface area contributed by atoms with Gasteiger partial charge >= 0.3 is 0 Å². The highest BCUT2D eigenvalue weighted by atomic mass is 16.3. The lowest BCUT2D eigenvalue weighted by atomic mass is 9.49. The Kier molecular flexibility index (Phi) is 2.98. The number of benzene rings is 1. The number of carbonyl (C=O) groups excluding carboxylic acids is 1. The van der Waals surface area contributed by atoms with Crippen LogP contribution in [0.2, 0.25) is 0 Å². The number of fused-ring (bicyclic) bond motifs is 2. The average Bonchev–Trinajstić information content (AvgIpc) is 2.82. The summed E-state index contributed by atoms with van der Waals surface area (Å²) < 4.78 is 0. The van der Waals surface area contributed by atoms with Gasteiger partial charge in [0, 0.05) is 18.3 Å². The first-order valence-electron chi connectivity index (χ1n) is 7.24. The molecule has 1 heterocycles. The molecule has 0 radical (unpaired) electrons. The van der Waals surface area contributed by atoms with Gasteiger partial charge in [0.2, 0.25) is 5.91 Å². The van der Waals surface area contributed by atoms with Crippen LogP contribution in [0.15, 0.2) is 30.3 Å². The second kappa shape index (κ2) is 4.56. The predicted molar refractivity (Wildman–Crippen MR) is 77.8 cm³/mol. The number of nitrogens with zero attached hydrogens (tertiary/aromatic N) is 3. The van der Waals surface area contributed by atoms with Crippen molar-refractivity contribution in [2.45, 2.75) is 25.0 Å². The third-order valence-corrected chi connectivity index (χ3v) is 5.35. The van der Waals surface area contributed by atoms with E-state index in [1.54, 1.807) is 37.3 Å². The molecular weight excluding hydrogens is 292 g/mol. The number of aliphatic hydroxyl groups is 1. The minimum absolute atomic E-state index is 0.263. The molecule has 1 aliphatic carbocycles. The summed E-state index contributed by atoms with van der Waals surface area (Å²) in [7, 11) is 0. The molecule has 6 nitrogen and oxygen atoms in total. The summed E-state index contributed by atoms with van der Waals surface area (Å²) in [6, 6.07) is 14.6. The smallest absolute Gasteiger partial charge is 0.245 e. The van der Waals surface area contributed by atoms with Crippen LogP contribution < -0.4 is 5.32 Å². The van der Waals surface area contributed by atoms with Crippen LogP contribution in [0.4, 0.5) is 0 Å². The SMILES string of the molecule is C[C@H]1[C@H](c2ccccc2)C(C#N)(C#N)[C@]2(C#N)C[C@]1(O)NC2=O. The summed E-state index contributed by atoms with van der Waals surface area (Å²) >= 11 is 0. The van der Waals surface area contributed by atoms with Crippen LogP contribution in [0.25, 0.3) is 0 Å². The summed E-state index contributed by atoms with van der Waals surface area (Å²) in [4.78, 5) is 12.5. The van der Waals surface area contributed by atoms with Crippen LogP contribution >= 0.6 is 0 Å². The maximum Gasteiger partial charge on any atom is 0.245 e. The molecule has 23 heavy (non-hydrogen) atoms. The Morgan fingerprint density at radius 2 is 1.78 bits per heavy atom. The molecule has 2 N–H and O–H groups in total. The van der Waals surface area contributed by atoms with Gasteiger partial charge in [-0.25, -0.2) is 0 Å². The van der Waals surface area contributed by atoms with Crippen LogP contribution in [-0.2, 0) is 4.79 Å². The van der Waals surface area contributed by atoms with Gasteiger partial charge in [-0.3, -0.25) is 4.79 Å². The minimum Gasteiger partial charge on any atom is -0.371 e. The first-order valence-corrected chi connectivity index (χ1v) is 7.24. The van der Waals surface area contributed by atoms with E-state index in [2.05, 4.69) is 5.32 Å². The fourth-order valence-electron chi connectivity index (χ4n) is 4.07. The van der Waals surface area contributed by atoms with Crippen LogP contribution in [-0.4, -0.2) is 16.7 Å². The molecule has 1 aromatic rings. The molecule has 114 valence electrons. The third-order valence-electron chi connectivity index (χ3n) is 5.35. The molecule has 1 saturated carbocycles. The lowest BCUT2D eigenvalue weighted by Crippen LogP contribution is -2.56. The summed E-state index contributed by atoms with van der Waals surface area (Å²) in [5.74, 6) is -2.12. The number of hydrogen-bond donors (Lipinski definition) is 2. The zero-order valence-electron chi connectivity index (χ0n) is 12.4. The monoisotopic (exact) mass is 306 g/mol. The summed E-state index contributed by atoms with van der Waals surface area (Å²) in [5.41, 5.74) is -4.71. The Morgan fingerprint density at radius 1 is 1.17 bits per heavy atom. The molecule has 3 rings (SSSR count). The number of rotatable bonds is 1. The Hall–Kier alpha value is -2.88. The van der Waals surface area contributed by atoms with Gasteiger partial charge in [0.1, 0.15) is 5.72 Å². The van der Waals surface area contributed by atoms with E-state index in [0.717, 1.165) is 0 Å². The van der Waals surface area contributed by atoms with Crippen LogP contribution in [0.3, 0.4) is 0 Å². The van der Waals surface area contributed by atoms with E-state index in [9.17, 15) is 25.7 Å². The zero-order chi connectivity index (χ0) is 16.9. The molecule has 6 heteroatoms. The van der Waals surface area contributed by atoms with Gasteiger partial charge in [-0.1, -0.05) is 37.3 Å². The van der Waals surface area contributed by atoms with Gasteiger partial charge < -0.3 is 10.4 Å². The normalized spacial score (nSPS) is 37.1. The lowest BCUT2D eigenvalue weighted by Gasteiger charge is -2.48. The second-order valence-corrected chi connectivity index (χ2v) is 6.28. The zero-order valence-corrected chi connectivity index (χ0v) is 12.4. The van der Waals surface area contributed by atoms with E-state index in [1.165, 1.54) is 0 Å². The van der Waals surface area contributed by atoms with Gasteiger partial charge in [-0.2, -0.15) is 15.8 Å². The van der Waals surface area contributed by atoms with Crippen molar-refractivity contribution in [3.8, 4) is 18.2 Å². The Balaban J connectivity index is 2.35. The minimum atomic E-state index is -1.89. The van der Waals surface area contributed by atoms with Gasteiger partial charge in [0.05, 0.1) is 18.2 Å². The third kappa shape index (κ3) is 1.55. The van der Waals surface area contributed by atoms with Crippen LogP contribution in [0.1, 0.15) is 24.8 Å². The number of hydrogen-bond acceptors (Lipinski definition) is 5. The second-order valence-electron chi connectivity index (χ2n) is 6.28. The Labute approximate surface area is 133 Å². The Bertz CT molecular complexity index is 787. The van der Waals surface area contributed by atoms with Crippen molar-refractivity contribution in [2.24, 2.45) is 16.7 Å². The molecule has 1 saturated heterocycles. The van der Waals surface area contributed by atoms with E-state index in [4.69, 9.17) is 0 Å². The van der Waals surface area contributed by atoms with Gasteiger partial charge in [0.25, 0.3) is 0 Å². The Morgan fingerprint density at radius 3 is 2.30 bits per heavy atom. The van der Waals surface area contributed by atoms with Gasteiger partial charge in [-0.05, 0) is 5.56 Å². The van der Waals surface area contributed by atoms with Crippen molar-refractivity contribution in [3.63, 3.8) is 0 Å². The molecule has 4 atom stereocenters. The van der Waals surface area contributed by atoms with Crippen molar-refractivity contribution >= 4 is 5.91 Å². The lowest BCUT2D eigenvalue weighted by molar-refractivity contribution is -0.128. The molecule has 2 aliphatic rings. The fourth-order valence-corrected chi connectivity index (χ4v) is 4.07. The molecule has 2 fully saturated rings. The fraction of sp³-hybridized carbons (Fsp3) is 0.412. The first-order chi connectivity index (χ1) is 10.9. The molecule has 1 aliphatic heterocycles. The first kappa shape index (κ1) is 15.0. The molecule has 1 amide bonds.